The molecule has 2 N–H and O–H groups in total. The van der Waals surface area contributed by atoms with Crippen LogP contribution in [0.3, 0.4) is 0 Å². The summed E-state index contributed by atoms with van der Waals surface area (Å²) in [5, 5.41) is 6.32. The van der Waals surface area contributed by atoms with Crippen LogP contribution in [0.5, 0.6) is 0 Å². The molecule has 1 fully saturated rings. The van der Waals surface area contributed by atoms with Gasteiger partial charge in [0.05, 0.1) is 6.04 Å². The standard InChI is InChI=1S/C16H22ClN3O2/c1-11(2)18-16(22)19-14-9-15(21)20(10-14)7-6-12-4-3-5-13(17)8-12/h3-5,8,11,14H,6-7,9-10H2,1-2H3,(H2,18,19,22)/t14-/m0/s1. The summed E-state index contributed by atoms with van der Waals surface area (Å²) >= 11 is 5.96. The maximum absolute atomic E-state index is 12.0. The van der Waals surface area contributed by atoms with Gasteiger partial charge in [-0.05, 0) is 38.0 Å². The summed E-state index contributed by atoms with van der Waals surface area (Å²) in [5.41, 5.74) is 1.11. The molecule has 0 aromatic heterocycles. The van der Waals surface area contributed by atoms with Crippen LogP contribution in [0.25, 0.3) is 0 Å². The van der Waals surface area contributed by atoms with Crippen molar-refractivity contribution in [2.24, 2.45) is 0 Å². The van der Waals surface area contributed by atoms with Gasteiger partial charge < -0.3 is 15.5 Å². The molecule has 1 atom stereocenters. The molecular formula is C16H22ClN3O2. The van der Waals surface area contributed by atoms with Crippen LogP contribution in [0.1, 0.15) is 25.8 Å². The zero-order chi connectivity index (χ0) is 16.1. The van der Waals surface area contributed by atoms with E-state index < -0.39 is 0 Å². The number of likely N-dealkylation sites (tertiary alicyclic amines) is 1. The molecule has 1 aromatic carbocycles. The second-order valence-electron chi connectivity index (χ2n) is 5.89. The number of carbonyl (C=O) groups is 2. The third kappa shape index (κ3) is 4.91. The number of hydrogen-bond acceptors (Lipinski definition) is 2. The van der Waals surface area contributed by atoms with E-state index in [1.807, 2.05) is 38.1 Å². The molecule has 1 aliphatic heterocycles. The Morgan fingerprint density at radius 2 is 2.23 bits per heavy atom. The maximum Gasteiger partial charge on any atom is 0.315 e. The quantitative estimate of drug-likeness (QED) is 0.872. The number of hydrogen-bond donors (Lipinski definition) is 2. The number of urea groups is 1. The topological polar surface area (TPSA) is 61.4 Å². The first-order valence-corrected chi connectivity index (χ1v) is 7.91. The van der Waals surface area contributed by atoms with Gasteiger partial charge in [0.25, 0.3) is 0 Å². The van der Waals surface area contributed by atoms with E-state index in [1.54, 1.807) is 4.90 Å². The molecule has 5 nitrogen and oxygen atoms in total. The van der Waals surface area contributed by atoms with Crippen LogP contribution in [0.2, 0.25) is 5.02 Å². The van der Waals surface area contributed by atoms with Crippen LogP contribution in [-0.4, -0.2) is 42.0 Å². The van der Waals surface area contributed by atoms with E-state index in [9.17, 15) is 9.59 Å². The highest BCUT2D eigenvalue weighted by atomic mass is 35.5. The van der Waals surface area contributed by atoms with E-state index in [0.717, 1.165) is 12.0 Å². The summed E-state index contributed by atoms with van der Waals surface area (Å²) in [6.07, 6.45) is 1.12. The smallest absolute Gasteiger partial charge is 0.315 e. The first-order valence-electron chi connectivity index (χ1n) is 7.53. The van der Waals surface area contributed by atoms with Gasteiger partial charge >= 0.3 is 6.03 Å². The van der Waals surface area contributed by atoms with Crippen molar-refractivity contribution in [2.45, 2.75) is 38.8 Å². The minimum atomic E-state index is -0.218. The number of nitrogens with zero attached hydrogens (tertiary/aromatic N) is 1. The van der Waals surface area contributed by atoms with Gasteiger partial charge in [-0.25, -0.2) is 4.79 Å². The highest BCUT2D eigenvalue weighted by Crippen LogP contribution is 2.15. The van der Waals surface area contributed by atoms with E-state index in [0.29, 0.717) is 24.5 Å². The Balaban J connectivity index is 1.81. The molecule has 6 heteroatoms. The van der Waals surface area contributed by atoms with Crippen LogP contribution < -0.4 is 10.6 Å². The van der Waals surface area contributed by atoms with E-state index >= 15 is 0 Å². The Bertz CT molecular complexity index is 548. The molecule has 0 radical (unpaired) electrons. The highest BCUT2D eigenvalue weighted by Gasteiger charge is 2.30. The number of amides is 3. The van der Waals surface area contributed by atoms with Crippen molar-refractivity contribution in [3.05, 3.63) is 34.9 Å². The molecule has 1 aliphatic rings. The molecule has 2 rings (SSSR count). The lowest BCUT2D eigenvalue weighted by Gasteiger charge is -2.18. The van der Waals surface area contributed by atoms with Crippen molar-refractivity contribution in [3.63, 3.8) is 0 Å². The van der Waals surface area contributed by atoms with E-state index in [1.165, 1.54) is 0 Å². The summed E-state index contributed by atoms with van der Waals surface area (Å²) in [5.74, 6) is 0.0804. The second-order valence-corrected chi connectivity index (χ2v) is 6.33. The number of halogens is 1. The molecule has 3 amide bonds. The van der Waals surface area contributed by atoms with Crippen molar-refractivity contribution in [1.29, 1.82) is 0 Å². The van der Waals surface area contributed by atoms with Crippen LogP contribution >= 0.6 is 11.6 Å². The largest absolute Gasteiger partial charge is 0.340 e. The molecule has 1 saturated heterocycles. The first-order chi connectivity index (χ1) is 10.4. The van der Waals surface area contributed by atoms with Crippen LogP contribution in [0.4, 0.5) is 4.79 Å². The fourth-order valence-corrected chi connectivity index (χ4v) is 2.74. The molecular weight excluding hydrogens is 302 g/mol. The minimum absolute atomic E-state index is 0.0797. The van der Waals surface area contributed by atoms with Gasteiger partial charge in [0.1, 0.15) is 0 Å². The first kappa shape index (κ1) is 16.6. The van der Waals surface area contributed by atoms with Crippen LogP contribution in [0, 0.1) is 0 Å². The molecule has 1 heterocycles. The number of nitrogens with one attached hydrogen (secondary N) is 2. The average Bonchev–Trinajstić information content (AvgIpc) is 2.75. The number of carbonyl (C=O) groups excluding carboxylic acids is 2. The highest BCUT2D eigenvalue weighted by molar-refractivity contribution is 6.30. The number of benzene rings is 1. The Kier molecular flexibility index (Phi) is 5.66. The molecule has 22 heavy (non-hydrogen) atoms. The summed E-state index contributed by atoms with van der Waals surface area (Å²) < 4.78 is 0. The third-order valence-electron chi connectivity index (χ3n) is 3.53. The predicted molar refractivity (Wildman–Crippen MR) is 86.9 cm³/mol. The van der Waals surface area contributed by atoms with Gasteiger partial charge in [-0.2, -0.15) is 0 Å². The lowest BCUT2D eigenvalue weighted by molar-refractivity contribution is -0.127. The average molecular weight is 324 g/mol. The Labute approximate surface area is 136 Å². The van der Waals surface area contributed by atoms with Crippen molar-refractivity contribution < 1.29 is 9.59 Å². The predicted octanol–water partition coefficient (Wildman–Crippen LogP) is 2.19. The van der Waals surface area contributed by atoms with E-state index in [-0.39, 0.29) is 24.0 Å². The second kappa shape index (κ2) is 7.49. The van der Waals surface area contributed by atoms with Gasteiger partial charge in [0.15, 0.2) is 0 Å². The Morgan fingerprint density at radius 3 is 2.91 bits per heavy atom. The monoisotopic (exact) mass is 323 g/mol. The molecule has 1 aromatic rings. The summed E-state index contributed by atoms with van der Waals surface area (Å²) in [6.45, 7) is 5.00. The van der Waals surface area contributed by atoms with Gasteiger partial charge in [-0.3, -0.25) is 4.79 Å². The summed E-state index contributed by atoms with van der Waals surface area (Å²) in [6, 6.07) is 7.39. The molecule has 0 spiro atoms. The van der Waals surface area contributed by atoms with E-state index in [4.69, 9.17) is 11.6 Å². The fourth-order valence-electron chi connectivity index (χ4n) is 2.53. The van der Waals surface area contributed by atoms with Crippen LogP contribution in [-0.2, 0) is 11.2 Å². The molecule has 0 bridgehead atoms. The van der Waals surface area contributed by atoms with Crippen molar-refractivity contribution in [2.75, 3.05) is 13.1 Å². The van der Waals surface area contributed by atoms with Gasteiger partial charge in [0.2, 0.25) is 5.91 Å². The Hall–Kier alpha value is -1.75. The molecule has 0 saturated carbocycles. The Morgan fingerprint density at radius 1 is 1.45 bits per heavy atom. The minimum Gasteiger partial charge on any atom is -0.340 e. The zero-order valence-corrected chi connectivity index (χ0v) is 13.7. The summed E-state index contributed by atoms with van der Waals surface area (Å²) in [7, 11) is 0. The lowest BCUT2D eigenvalue weighted by atomic mass is 10.1. The third-order valence-corrected chi connectivity index (χ3v) is 3.76. The molecule has 0 aliphatic carbocycles. The van der Waals surface area contributed by atoms with Crippen molar-refractivity contribution >= 4 is 23.5 Å². The molecule has 0 unspecified atom stereocenters. The SMILES string of the molecule is CC(C)NC(=O)N[C@H]1CC(=O)N(CCc2cccc(Cl)c2)C1. The lowest BCUT2D eigenvalue weighted by Crippen LogP contribution is -2.45. The fraction of sp³-hybridized carbons (Fsp3) is 0.500. The number of rotatable bonds is 5. The summed E-state index contributed by atoms with van der Waals surface area (Å²) in [4.78, 5) is 25.5. The van der Waals surface area contributed by atoms with Gasteiger partial charge in [-0.1, -0.05) is 23.7 Å². The normalized spacial score (nSPS) is 17.9. The maximum atomic E-state index is 12.0. The van der Waals surface area contributed by atoms with Crippen LogP contribution in [0.15, 0.2) is 24.3 Å². The van der Waals surface area contributed by atoms with Crippen molar-refractivity contribution in [3.8, 4) is 0 Å². The van der Waals surface area contributed by atoms with Gasteiger partial charge in [-0.15, -0.1) is 0 Å². The van der Waals surface area contributed by atoms with E-state index in [2.05, 4.69) is 10.6 Å². The van der Waals surface area contributed by atoms with Crippen molar-refractivity contribution in [1.82, 2.24) is 15.5 Å². The molecule has 120 valence electrons. The van der Waals surface area contributed by atoms with Gasteiger partial charge in [0, 0.05) is 30.6 Å². The zero-order valence-electron chi connectivity index (χ0n) is 12.9.